The number of benzene rings is 3. The van der Waals surface area contributed by atoms with E-state index in [1.807, 2.05) is 6.07 Å². The molecule has 0 spiro atoms. The average Bonchev–Trinajstić information content (AvgIpc) is 2.79. The molecule has 0 aromatic heterocycles. The van der Waals surface area contributed by atoms with Gasteiger partial charge in [-0.25, -0.2) is 13.2 Å². The summed E-state index contributed by atoms with van der Waals surface area (Å²) in [5, 5.41) is 7.59. The highest BCUT2D eigenvalue weighted by atomic mass is 32.2. The van der Waals surface area contributed by atoms with E-state index in [4.69, 9.17) is 4.74 Å². The summed E-state index contributed by atoms with van der Waals surface area (Å²) >= 11 is 0. The summed E-state index contributed by atoms with van der Waals surface area (Å²) in [7, 11) is -2.36. The second-order valence-corrected chi connectivity index (χ2v) is 8.27. The van der Waals surface area contributed by atoms with Gasteiger partial charge >= 0.3 is 6.03 Å². The minimum atomic E-state index is -3.87. The molecule has 166 valence electrons. The Morgan fingerprint density at radius 1 is 0.812 bits per heavy atom. The van der Waals surface area contributed by atoms with Gasteiger partial charge in [0.25, 0.3) is 10.0 Å². The first-order chi connectivity index (χ1) is 15.4. The van der Waals surface area contributed by atoms with E-state index in [0.29, 0.717) is 17.1 Å². The highest BCUT2D eigenvalue weighted by Crippen LogP contribution is 2.21. The third kappa shape index (κ3) is 6.47. The monoisotopic (exact) mass is 454 g/mol. The molecule has 0 saturated carbocycles. The largest absolute Gasteiger partial charge is 0.497 e. The summed E-state index contributed by atoms with van der Waals surface area (Å²) in [4.78, 5) is 24.0. The lowest BCUT2D eigenvalue weighted by molar-refractivity contribution is -0.115. The number of methoxy groups -OCH3 is 1. The van der Waals surface area contributed by atoms with E-state index in [1.165, 1.54) is 25.3 Å². The predicted molar refractivity (Wildman–Crippen MR) is 122 cm³/mol. The number of nitrogens with one attached hydrogen (secondary N) is 4. The van der Waals surface area contributed by atoms with Crippen molar-refractivity contribution in [3.8, 4) is 5.75 Å². The third-order valence-corrected chi connectivity index (χ3v) is 5.59. The number of hydrogen-bond donors (Lipinski definition) is 4. The molecule has 0 fully saturated rings. The fourth-order valence-corrected chi connectivity index (χ4v) is 3.78. The van der Waals surface area contributed by atoms with Crippen molar-refractivity contribution in [2.45, 2.75) is 4.90 Å². The van der Waals surface area contributed by atoms with Gasteiger partial charge in [0.05, 0.1) is 18.6 Å². The first-order valence-electron chi connectivity index (χ1n) is 9.52. The van der Waals surface area contributed by atoms with Crippen molar-refractivity contribution in [2.24, 2.45) is 0 Å². The Morgan fingerprint density at radius 2 is 1.50 bits per heavy atom. The van der Waals surface area contributed by atoms with E-state index in [9.17, 15) is 18.0 Å². The van der Waals surface area contributed by atoms with Crippen molar-refractivity contribution in [1.29, 1.82) is 0 Å². The first-order valence-corrected chi connectivity index (χ1v) is 11.0. The van der Waals surface area contributed by atoms with Crippen LogP contribution in [0.4, 0.5) is 21.9 Å². The molecule has 0 aliphatic rings. The van der Waals surface area contributed by atoms with Crippen LogP contribution in [0.25, 0.3) is 0 Å². The van der Waals surface area contributed by atoms with Gasteiger partial charge < -0.3 is 20.7 Å². The molecular weight excluding hydrogens is 432 g/mol. The lowest BCUT2D eigenvalue weighted by Crippen LogP contribution is -2.35. The molecule has 3 amide bonds. The number of rotatable bonds is 8. The van der Waals surface area contributed by atoms with E-state index in [0.717, 1.165) is 0 Å². The normalized spacial score (nSPS) is 10.7. The SMILES string of the molecule is COc1ccc(NS(=O)(=O)c2cccc(NC(=O)CNC(=O)Nc3ccccc3)c2)cc1. The third-order valence-electron chi connectivity index (χ3n) is 4.21. The van der Waals surface area contributed by atoms with Crippen LogP contribution >= 0.6 is 0 Å². The topological polar surface area (TPSA) is 126 Å². The highest BCUT2D eigenvalue weighted by molar-refractivity contribution is 7.92. The van der Waals surface area contributed by atoms with Crippen molar-refractivity contribution in [1.82, 2.24) is 5.32 Å². The summed E-state index contributed by atoms with van der Waals surface area (Å²) in [6.45, 7) is -0.292. The van der Waals surface area contributed by atoms with Crippen molar-refractivity contribution in [3.05, 3.63) is 78.9 Å². The number of para-hydroxylation sites is 1. The van der Waals surface area contributed by atoms with Gasteiger partial charge in [0, 0.05) is 17.1 Å². The second-order valence-electron chi connectivity index (χ2n) is 6.58. The standard InChI is InChI=1S/C22H22N4O5S/c1-31-19-12-10-17(11-13-19)26-32(29,30)20-9-5-8-18(14-20)24-21(27)15-23-22(28)25-16-6-3-2-4-7-16/h2-14,26H,15H2,1H3,(H,24,27)(H2,23,25,28). The van der Waals surface area contributed by atoms with Crippen LogP contribution < -0.4 is 25.4 Å². The smallest absolute Gasteiger partial charge is 0.319 e. The maximum absolute atomic E-state index is 12.7. The lowest BCUT2D eigenvalue weighted by atomic mass is 10.3. The Kier molecular flexibility index (Phi) is 7.29. The highest BCUT2D eigenvalue weighted by Gasteiger charge is 2.15. The van der Waals surface area contributed by atoms with Crippen LogP contribution in [0.3, 0.4) is 0 Å². The Morgan fingerprint density at radius 3 is 2.19 bits per heavy atom. The summed E-state index contributed by atoms with van der Waals surface area (Å²) in [6.07, 6.45) is 0. The second kappa shape index (κ2) is 10.3. The summed E-state index contributed by atoms with van der Waals surface area (Å²) in [6, 6.07) is 20.5. The molecule has 0 saturated heterocycles. The maximum atomic E-state index is 12.7. The molecule has 10 heteroatoms. The van der Waals surface area contributed by atoms with Gasteiger partial charge in [-0.15, -0.1) is 0 Å². The molecule has 3 aromatic carbocycles. The van der Waals surface area contributed by atoms with E-state index < -0.39 is 22.0 Å². The zero-order valence-corrected chi connectivity index (χ0v) is 18.0. The zero-order valence-electron chi connectivity index (χ0n) is 17.2. The minimum absolute atomic E-state index is 0.0269. The molecular formula is C22H22N4O5S. The van der Waals surface area contributed by atoms with E-state index >= 15 is 0 Å². The van der Waals surface area contributed by atoms with Crippen LogP contribution in [-0.4, -0.2) is 34.0 Å². The molecule has 3 rings (SSSR count). The van der Waals surface area contributed by atoms with Gasteiger partial charge in [0.2, 0.25) is 5.91 Å². The first kappa shape index (κ1) is 22.6. The molecule has 0 unspecified atom stereocenters. The molecule has 0 atom stereocenters. The number of sulfonamides is 1. The summed E-state index contributed by atoms with van der Waals surface area (Å²) in [5.74, 6) is 0.0922. The number of amides is 3. The molecule has 0 radical (unpaired) electrons. The Bertz CT molecular complexity index is 1180. The van der Waals surface area contributed by atoms with Crippen LogP contribution in [0, 0.1) is 0 Å². The molecule has 4 N–H and O–H groups in total. The van der Waals surface area contributed by atoms with Crippen molar-refractivity contribution < 1.29 is 22.7 Å². The molecule has 0 bridgehead atoms. The molecule has 0 aliphatic heterocycles. The van der Waals surface area contributed by atoms with Crippen LogP contribution in [0.15, 0.2) is 83.8 Å². The van der Waals surface area contributed by atoms with E-state index in [1.54, 1.807) is 54.6 Å². The lowest BCUT2D eigenvalue weighted by Gasteiger charge is -2.11. The minimum Gasteiger partial charge on any atom is -0.497 e. The van der Waals surface area contributed by atoms with Gasteiger partial charge in [-0.3, -0.25) is 9.52 Å². The Balaban J connectivity index is 1.57. The Labute approximate surface area is 185 Å². The maximum Gasteiger partial charge on any atom is 0.319 e. The van der Waals surface area contributed by atoms with Gasteiger partial charge in [-0.2, -0.15) is 0 Å². The number of urea groups is 1. The molecule has 9 nitrogen and oxygen atoms in total. The van der Waals surface area contributed by atoms with Crippen LogP contribution in [0.2, 0.25) is 0 Å². The van der Waals surface area contributed by atoms with E-state index in [-0.39, 0.29) is 17.1 Å². The van der Waals surface area contributed by atoms with Crippen molar-refractivity contribution in [3.63, 3.8) is 0 Å². The van der Waals surface area contributed by atoms with Gasteiger partial charge in [0.15, 0.2) is 0 Å². The number of ether oxygens (including phenoxy) is 1. The summed E-state index contributed by atoms with van der Waals surface area (Å²) < 4.78 is 32.8. The molecule has 0 aliphatic carbocycles. The van der Waals surface area contributed by atoms with Crippen LogP contribution in [-0.2, 0) is 14.8 Å². The van der Waals surface area contributed by atoms with Gasteiger partial charge in [-0.1, -0.05) is 24.3 Å². The fraction of sp³-hybridized carbons (Fsp3) is 0.0909. The van der Waals surface area contributed by atoms with Crippen molar-refractivity contribution in [2.75, 3.05) is 29.0 Å². The molecule has 3 aromatic rings. The number of anilines is 3. The predicted octanol–water partition coefficient (Wildman–Crippen LogP) is 3.26. The van der Waals surface area contributed by atoms with Crippen molar-refractivity contribution >= 4 is 39.0 Å². The van der Waals surface area contributed by atoms with E-state index in [2.05, 4.69) is 20.7 Å². The molecule has 0 heterocycles. The Hall–Kier alpha value is -4.05. The fourth-order valence-electron chi connectivity index (χ4n) is 2.68. The number of carbonyl (C=O) groups excluding carboxylic acids is 2. The molecule has 32 heavy (non-hydrogen) atoms. The number of hydrogen-bond acceptors (Lipinski definition) is 5. The quantitative estimate of drug-likeness (QED) is 0.416. The van der Waals surface area contributed by atoms with Crippen LogP contribution in [0.1, 0.15) is 0 Å². The van der Waals surface area contributed by atoms with Gasteiger partial charge in [0.1, 0.15) is 5.75 Å². The number of carbonyl (C=O) groups is 2. The summed E-state index contributed by atoms with van der Waals surface area (Å²) in [5.41, 5.74) is 1.24. The van der Waals surface area contributed by atoms with Crippen LogP contribution in [0.5, 0.6) is 5.75 Å². The zero-order chi connectivity index (χ0) is 23.0. The average molecular weight is 455 g/mol. The van der Waals surface area contributed by atoms with Gasteiger partial charge in [-0.05, 0) is 54.6 Å².